The molecule has 0 aliphatic heterocycles. The third kappa shape index (κ3) is 7.80. The number of ether oxygens (including phenoxy) is 1. The van der Waals surface area contributed by atoms with Gasteiger partial charge in [0.15, 0.2) is 0 Å². The van der Waals surface area contributed by atoms with Crippen LogP contribution in [0.4, 0.5) is 0 Å². The van der Waals surface area contributed by atoms with Crippen LogP contribution in [-0.2, 0) is 11.2 Å². The first-order valence-electron chi connectivity index (χ1n) is 12.2. The molecule has 0 saturated carbocycles. The van der Waals surface area contributed by atoms with E-state index in [9.17, 15) is 19.8 Å². The molecule has 0 spiro atoms. The average Bonchev–Trinajstić information content (AvgIpc) is 3.12. The highest BCUT2D eigenvalue weighted by Gasteiger charge is 2.30. The summed E-state index contributed by atoms with van der Waals surface area (Å²) in [5.41, 5.74) is 1.62. The normalized spacial score (nSPS) is 13.9. The van der Waals surface area contributed by atoms with Crippen molar-refractivity contribution in [1.82, 2.24) is 5.32 Å². The summed E-state index contributed by atoms with van der Waals surface area (Å²) in [6.45, 7) is 15.3. The quantitative estimate of drug-likeness (QED) is 0.356. The van der Waals surface area contributed by atoms with Crippen LogP contribution in [0.5, 0.6) is 5.75 Å². The first kappa shape index (κ1) is 28.9. The third-order valence-corrected chi connectivity index (χ3v) is 7.73. The lowest BCUT2D eigenvalue weighted by Gasteiger charge is -2.26. The molecule has 0 fully saturated rings. The number of hydrogen-bond donors (Lipinski definition) is 3. The van der Waals surface area contributed by atoms with Crippen molar-refractivity contribution in [3.05, 3.63) is 50.7 Å². The summed E-state index contributed by atoms with van der Waals surface area (Å²) in [6.07, 6.45) is 2.24. The largest absolute Gasteiger partial charge is 0.491 e. The van der Waals surface area contributed by atoms with Crippen LogP contribution in [-0.4, -0.2) is 40.3 Å². The van der Waals surface area contributed by atoms with Gasteiger partial charge < -0.3 is 20.3 Å². The topological polar surface area (TPSA) is 95.9 Å². The summed E-state index contributed by atoms with van der Waals surface area (Å²) in [6, 6.07) is 8.29. The van der Waals surface area contributed by atoms with Gasteiger partial charge in [0.05, 0.1) is 11.0 Å². The minimum Gasteiger partial charge on any atom is -0.491 e. The fraction of sp³-hybridized carbons (Fsp3) is 0.571. The zero-order chi connectivity index (χ0) is 26.6. The minimum absolute atomic E-state index is 0.228. The van der Waals surface area contributed by atoms with Gasteiger partial charge in [0, 0.05) is 4.88 Å². The standard InChI is InChI=1S/C28H41NO5S/c1-9-19(20-11-13-22(17(2)14-20)34-16-23(30)27(4,5)6)10-12-21-15-18(3)24(35-21)25(31)29-28(7,8)26(32)33/h11,13-15,19,23,30H,9-10,12,16H2,1-8H3,(H,29,31)(H,32,33). The SMILES string of the molecule is CCC(CCc1cc(C)c(C(=O)NC(C)(C)C(=O)O)s1)c1ccc(OCC(O)C(C)(C)C)c(C)c1. The highest BCUT2D eigenvalue weighted by Crippen LogP contribution is 2.32. The van der Waals surface area contributed by atoms with Gasteiger partial charge in [-0.2, -0.15) is 0 Å². The highest BCUT2D eigenvalue weighted by molar-refractivity contribution is 7.14. The number of carboxylic acid groups (broad SMARTS) is 1. The first-order chi connectivity index (χ1) is 16.2. The lowest BCUT2D eigenvalue weighted by molar-refractivity contribution is -0.143. The van der Waals surface area contributed by atoms with E-state index in [1.807, 2.05) is 46.8 Å². The van der Waals surface area contributed by atoms with E-state index in [-0.39, 0.29) is 17.9 Å². The summed E-state index contributed by atoms with van der Waals surface area (Å²) < 4.78 is 5.89. The molecule has 6 nitrogen and oxygen atoms in total. The maximum absolute atomic E-state index is 12.6. The molecule has 0 aliphatic carbocycles. The molecular weight excluding hydrogens is 462 g/mol. The molecule has 2 aromatic rings. The van der Waals surface area contributed by atoms with Crippen molar-refractivity contribution in [3.8, 4) is 5.75 Å². The van der Waals surface area contributed by atoms with Gasteiger partial charge in [-0.3, -0.25) is 4.79 Å². The Kier molecular flexibility index (Phi) is 9.54. The number of carbonyl (C=O) groups is 2. The van der Waals surface area contributed by atoms with Gasteiger partial charge in [-0.05, 0) is 87.1 Å². The number of rotatable bonds is 11. The Morgan fingerprint density at radius 1 is 1.09 bits per heavy atom. The average molecular weight is 504 g/mol. The second kappa shape index (κ2) is 11.6. The molecular formula is C28H41NO5S. The molecule has 1 heterocycles. The van der Waals surface area contributed by atoms with Gasteiger partial charge in [0.25, 0.3) is 5.91 Å². The number of carbonyl (C=O) groups excluding carboxylic acids is 1. The molecule has 3 N–H and O–H groups in total. The van der Waals surface area contributed by atoms with E-state index in [4.69, 9.17) is 4.74 Å². The van der Waals surface area contributed by atoms with Gasteiger partial charge in [-0.15, -0.1) is 11.3 Å². The Hall–Kier alpha value is -2.38. The van der Waals surface area contributed by atoms with Crippen molar-refractivity contribution in [2.24, 2.45) is 5.41 Å². The Morgan fingerprint density at radius 3 is 2.29 bits per heavy atom. The highest BCUT2D eigenvalue weighted by atomic mass is 32.1. The number of aliphatic carboxylic acids is 1. The number of aliphatic hydroxyl groups is 1. The molecule has 0 aliphatic rings. The van der Waals surface area contributed by atoms with Crippen molar-refractivity contribution in [2.45, 2.75) is 92.2 Å². The third-order valence-electron chi connectivity index (χ3n) is 6.43. The summed E-state index contributed by atoms with van der Waals surface area (Å²) in [5, 5.41) is 22.2. The number of aliphatic hydroxyl groups excluding tert-OH is 1. The maximum Gasteiger partial charge on any atom is 0.328 e. The van der Waals surface area contributed by atoms with E-state index in [0.29, 0.717) is 10.8 Å². The minimum atomic E-state index is -1.32. The Bertz CT molecular complexity index is 1030. The molecule has 1 amide bonds. The molecule has 194 valence electrons. The smallest absolute Gasteiger partial charge is 0.328 e. The fourth-order valence-corrected chi connectivity index (χ4v) is 4.80. The second-order valence-electron chi connectivity index (χ2n) is 11.0. The van der Waals surface area contributed by atoms with Crippen molar-refractivity contribution in [3.63, 3.8) is 0 Å². The monoisotopic (exact) mass is 503 g/mol. The number of nitrogens with one attached hydrogen (secondary N) is 1. The maximum atomic E-state index is 12.6. The lowest BCUT2D eigenvalue weighted by Crippen LogP contribution is -2.49. The number of carboxylic acids is 1. The number of hydrogen-bond acceptors (Lipinski definition) is 5. The van der Waals surface area contributed by atoms with E-state index >= 15 is 0 Å². The van der Waals surface area contributed by atoms with Crippen LogP contribution in [0, 0.1) is 19.3 Å². The summed E-state index contributed by atoms with van der Waals surface area (Å²) >= 11 is 1.44. The van der Waals surface area contributed by atoms with Crippen LogP contribution >= 0.6 is 11.3 Å². The van der Waals surface area contributed by atoms with Gasteiger partial charge in [0.2, 0.25) is 0 Å². The van der Waals surface area contributed by atoms with E-state index in [0.717, 1.165) is 41.0 Å². The number of benzene rings is 1. The lowest BCUT2D eigenvalue weighted by atomic mass is 9.89. The molecule has 1 aromatic carbocycles. The molecule has 0 saturated heterocycles. The van der Waals surface area contributed by atoms with E-state index < -0.39 is 17.6 Å². The first-order valence-corrected chi connectivity index (χ1v) is 13.0. The molecule has 2 atom stereocenters. The van der Waals surface area contributed by atoms with E-state index in [1.54, 1.807) is 0 Å². The summed E-state index contributed by atoms with van der Waals surface area (Å²) in [4.78, 5) is 25.7. The molecule has 0 bridgehead atoms. The number of amides is 1. The van der Waals surface area contributed by atoms with E-state index in [2.05, 4.69) is 24.4 Å². The fourth-order valence-electron chi connectivity index (χ4n) is 3.72. The van der Waals surface area contributed by atoms with Gasteiger partial charge in [-0.25, -0.2) is 4.79 Å². The molecule has 0 radical (unpaired) electrons. The van der Waals surface area contributed by atoms with Crippen molar-refractivity contribution < 1.29 is 24.5 Å². The van der Waals surface area contributed by atoms with Crippen molar-refractivity contribution in [2.75, 3.05) is 6.61 Å². The van der Waals surface area contributed by atoms with Crippen LogP contribution in [0.3, 0.4) is 0 Å². The zero-order valence-electron chi connectivity index (χ0n) is 22.3. The molecule has 2 unspecified atom stereocenters. The van der Waals surface area contributed by atoms with Crippen LogP contribution in [0.15, 0.2) is 24.3 Å². The Balaban J connectivity index is 2.05. The predicted molar refractivity (Wildman–Crippen MR) is 142 cm³/mol. The number of aryl methyl sites for hydroxylation is 3. The van der Waals surface area contributed by atoms with Crippen LogP contribution in [0.25, 0.3) is 0 Å². The van der Waals surface area contributed by atoms with E-state index in [1.165, 1.54) is 30.7 Å². The van der Waals surface area contributed by atoms with Crippen LogP contribution in [0.2, 0.25) is 0 Å². The summed E-state index contributed by atoms with van der Waals surface area (Å²) in [5.74, 6) is -0.251. The predicted octanol–water partition coefficient (Wildman–Crippen LogP) is 5.87. The summed E-state index contributed by atoms with van der Waals surface area (Å²) in [7, 11) is 0. The molecule has 35 heavy (non-hydrogen) atoms. The second-order valence-corrected chi connectivity index (χ2v) is 12.1. The molecule has 2 rings (SSSR count). The van der Waals surface area contributed by atoms with Gasteiger partial charge in [0.1, 0.15) is 17.9 Å². The van der Waals surface area contributed by atoms with Gasteiger partial charge >= 0.3 is 5.97 Å². The Labute approximate surface area is 213 Å². The van der Waals surface area contributed by atoms with Crippen LogP contribution < -0.4 is 10.1 Å². The van der Waals surface area contributed by atoms with Crippen molar-refractivity contribution >= 4 is 23.2 Å². The Morgan fingerprint density at radius 2 is 1.74 bits per heavy atom. The number of thiophene rings is 1. The zero-order valence-corrected chi connectivity index (χ0v) is 23.1. The van der Waals surface area contributed by atoms with Gasteiger partial charge in [-0.1, -0.05) is 39.8 Å². The van der Waals surface area contributed by atoms with Crippen molar-refractivity contribution in [1.29, 1.82) is 0 Å². The van der Waals surface area contributed by atoms with Crippen LogP contribution in [0.1, 0.15) is 91.5 Å². The molecule has 1 aromatic heterocycles. The molecule has 7 heteroatoms.